The second-order valence-electron chi connectivity index (χ2n) is 4.88. The number of carboxylic acids is 1. The molecule has 1 aromatic carbocycles. The average Bonchev–Trinajstić information content (AvgIpc) is 2.34. The third kappa shape index (κ3) is 6.15. The van der Waals surface area contributed by atoms with Gasteiger partial charge >= 0.3 is 5.97 Å². The Morgan fingerprint density at radius 2 is 2.00 bits per heavy atom. The zero-order valence-electron chi connectivity index (χ0n) is 11.3. The number of nitrogens with one attached hydrogen (secondary N) is 1. The van der Waals surface area contributed by atoms with Gasteiger partial charge in [-0.15, -0.1) is 0 Å². The Labute approximate surface area is 113 Å². The van der Waals surface area contributed by atoms with Gasteiger partial charge in [0.1, 0.15) is 11.9 Å². The highest BCUT2D eigenvalue weighted by Crippen LogP contribution is 2.06. The molecule has 0 saturated carbocycles. The second kappa shape index (κ2) is 7.69. The molecule has 1 unspecified atom stereocenters. The Balaban J connectivity index is 2.43. The van der Waals surface area contributed by atoms with Crippen LogP contribution in [0.4, 0.5) is 4.39 Å². The van der Waals surface area contributed by atoms with Crippen LogP contribution in [0.15, 0.2) is 30.3 Å². The zero-order chi connectivity index (χ0) is 14.3. The normalized spacial score (nSPS) is 13.1. The molecule has 0 aliphatic carbocycles. The van der Waals surface area contributed by atoms with Gasteiger partial charge in [0.2, 0.25) is 0 Å². The van der Waals surface area contributed by atoms with Gasteiger partial charge in [0.05, 0.1) is 0 Å². The first kappa shape index (κ1) is 15.4. The number of carboxylic acid groups (broad SMARTS) is 1. The van der Waals surface area contributed by atoms with Crippen LogP contribution >= 0.6 is 0 Å². The van der Waals surface area contributed by atoms with Crippen molar-refractivity contribution in [1.82, 2.24) is 5.32 Å². The fourth-order valence-corrected chi connectivity index (χ4v) is 1.72. The number of benzene rings is 1. The maximum Gasteiger partial charge on any atom is 0.320 e. The van der Waals surface area contributed by atoms with Gasteiger partial charge in [-0.25, -0.2) is 4.39 Å². The number of hydrogen-bond acceptors (Lipinski definition) is 2. The molecule has 1 aromatic rings. The summed E-state index contributed by atoms with van der Waals surface area (Å²) < 4.78 is 12.7. The van der Waals surface area contributed by atoms with Gasteiger partial charge in [-0.2, -0.15) is 0 Å². The lowest BCUT2D eigenvalue weighted by Crippen LogP contribution is -2.37. The van der Waals surface area contributed by atoms with Gasteiger partial charge in [0, 0.05) is 6.54 Å². The molecule has 1 atom stereocenters. The lowest BCUT2D eigenvalue weighted by Gasteiger charge is -2.15. The molecule has 0 aliphatic heterocycles. The molecular formula is C15H20FNO2. The highest BCUT2D eigenvalue weighted by Gasteiger charge is 2.16. The molecular weight excluding hydrogens is 245 g/mol. The lowest BCUT2D eigenvalue weighted by molar-refractivity contribution is -0.139. The minimum Gasteiger partial charge on any atom is -0.480 e. The van der Waals surface area contributed by atoms with Crippen molar-refractivity contribution >= 4 is 12.0 Å². The SMILES string of the molecule is CC(C)CC(NC/C=C/c1ccc(F)cc1)C(=O)O. The number of hydrogen-bond donors (Lipinski definition) is 2. The Kier molecular flexibility index (Phi) is 6.22. The van der Waals surface area contributed by atoms with Crippen LogP contribution in [0.5, 0.6) is 0 Å². The minimum absolute atomic E-state index is 0.266. The molecule has 3 nitrogen and oxygen atoms in total. The van der Waals surface area contributed by atoms with E-state index < -0.39 is 12.0 Å². The third-order valence-corrected chi connectivity index (χ3v) is 2.67. The number of halogens is 1. The van der Waals surface area contributed by atoms with Crippen molar-refractivity contribution in [3.05, 3.63) is 41.7 Å². The number of carbonyl (C=O) groups is 1. The molecule has 0 amide bonds. The summed E-state index contributed by atoms with van der Waals surface area (Å²) in [5.74, 6) is -0.767. The molecule has 0 radical (unpaired) electrons. The van der Waals surface area contributed by atoms with Crippen molar-refractivity contribution in [2.75, 3.05) is 6.54 Å². The summed E-state index contributed by atoms with van der Waals surface area (Å²) in [6.45, 7) is 4.46. The monoisotopic (exact) mass is 265 g/mol. The Morgan fingerprint density at radius 1 is 1.37 bits per heavy atom. The summed E-state index contributed by atoms with van der Waals surface area (Å²) in [7, 11) is 0. The van der Waals surface area contributed by atoms with Crippen molar-refractivity contribution < 1.29 is 14.3 Å². The summed E-state index contributed by atoms with van der Waals surface area (Å²) >= 11 is 0. The molecule has 0 bridgehead atoms. The van der Waals surface area contributed by atoms with Crippen LogP contribution in [0.1, 0.15) is 25.8 Å². The van der Waals surface area contributed by atoms with E-state index in [9.17, 15) is 9.18 Å². The summed E-state index contributed by atoms with van der Waals surface area (Å²) in [4.78, 5) is 11.0. The molecule has 4 heteroatoms. The van der Waals surface area contributed by atoms with Crippen LogP contribution in [-0.4, -0.2) is 23.7 Å². The van der Waals surface area contributed by atoms with Crippen LogP contribution in [0.2, 0.25) is 0 Å². The van der Waals surface area contributed by atoms with Crippen molar-refractivity contribution in [1.29, 1.82) is 0 Å². The summed E-state index contributed by atoms with van der Waals surface area (Å²) in [6, 6.07) is 5.61. The largest absolute Gasteiger partial charge is 0.480 e. The van der Waals surface area contributed by atoms with Gasteiger partial charge in [-0.3, -0.25) is 4.79 Å². The van der Waals surface area contributed by atoms with Crippen molar-refractivity contribution in [3.8, 4) is 0 Å². The van der Waals surface area contributed by atoms with Gasteiger partial charge < -0.3 is 10.4 Å². The van der Waals surface area contributed by atoms with E-state index in [-0.39, 0.29) is 5.82 Å². The Hall–Kier alpha value is -1.68. The molecule has 19 heavy (non-hydrogen) atoms. The first-order valence-corrected chi connectivity index (χ1v) is 6.37. The van der Waals surface area contributed by atoms with Crippen molar-refractivity contribution in [2.24, 2.45) is 5.92 Å². The standard InChI is InChI=1S/C15H20FNO2/c1-11(2)10-14(15(18)19)17-9-3-4-12-5-7-13(16)8-6-12/h3-8,11,14,17H,9-10H2,1-2H3,(H,18,19)/b4-3+. The fraction of sp³-hybridized carbons (Fsp3) is 0.400. The number of aliphatic carboxylic acids is 1. The van der Waals surface area contributed by atoms with E-state index in [1.54, 1.807) is 12.1 Å². The van der Waals surface area contributed by atoms with Crippen molar-refractivity contribution in [3.63, 3.8) is 0 Å². The molecule has 0 saturated heterocycles. The molecule has 0 spiro atoms. The fourth-order valence-electron chi connectivity index (χ4n) is 1.72. The highest BCUT2D eigenvalue weighted by atomic mass is 19.1. The summed E-state index contributed by atoms with van der Waals surface area (Å²) in [5, 5.41) is 12.0. The molecule has 0 fully saturated rings. The molecule has 1 rings (SSSR count). The Bertz CT molecular complexity index is 426. The van der Waals surface area contributed by atoms with Crippen LogP contribution < -0.4 is 5.32 Å². The van der Waals surface area contributed by atoms with Gasteiger partial charge in [-0.05, 0) is 30.0 Å². The van der Waals surface area contributed by atoms with E-state index in [1.807, 2.05) is 26.0 Å². The molecule has 0 heterocycles. The molecule has 0 aliphatic rings. The van der Waals surface area contributed by atoms with Gasteiger partial charge in [-0.1, -0.05) is 38.1 Å². The predicted molar refractivity (Wildman–Crippen MR) is 74.3 cm³/mol. The van der Waals surface area contributed by atoms with E-state index in [4.69, 9.17) is 5.11 Å². The topological polar surface area (TPSA) is 49.3 Å². The molecule has 0 aromatic heterocycles. The highest BCUT2D eigenvalue weighted by molar-refractivity contribution is 5.73. The van der Waals surface area contributed by atoms with Crippen molar-refractivity contribution in [2.45, 2.75) is 26.3 Å². The second-order valence-corrected chi connectivity index (χ2v) is 4.88. The smallest absolute Gasteiger partial charge is 0.320 e. The minimum atomic E-state index is -0.830. The van der Waals surface area contributed by atoms with Gasteiger partial charge in [0.25, 0.3) is 0 Å². The van der Waals surface area contributed by atoms with E-state index in [0.29, 0.717) is 18.9 Å². The van der Waals surface area contributed by atoms with E-state index in [2.05, 4.69) is 5.32 Å². The van der Waals surface area contributed by atoms with Crippen LogP contribution in [0.3, 0.4) is 0 Å². The maximum absolute atomic E-state index is 12.7. The van der Waals surface area contributed by atoms with Crippen LogP contribution in [-0.2, 0) is 4.79 Å². The molecule has 2 N–H and O–H groups in total. The van der Waals surface area contributed by atoms with Crippen LogP contribution in [0.25, 0.3) is 6.08 Å². The van der Waals surface area contributed by atoms with Crippen LogP contribution in [0, 0.1) is 11.7 Å². The quantitative estimate of drug-likeness (QED) is 0.797. The maximum atomic E-state index is 12.7. The summed E-state index contributed by atoms with van der Waals surface area (Å²) in [6.07, 6.45) is 4.27. The summed E-state index contributed by atoms with van der Waals surface area (Å²) in [5.41, 5.74) is 0.888. The average molecular weight is 265 g/mol. The Morgan fingerprint density at radius 3 is 2.53 bits per heavy atom. The van der Waals surface area contributed by atoms with E-state index in [1.165, 1.54) is 12.1 Å². The zero-order valence-corrected chi connectivity index (χ0v) is 11.3. The first-order valence-electron chi connectivity index (χ1n) is 6.37. The number of rotatable bonds is 7. The molecule has 104 valence electrons. The van der Waals surface area contributed by atoms with Gasteiger partial charge in [0.15, 0.2) is 0 Å². The third-order valence-electron chi connectivity index (χ3n) is 2.67. The predicted octanol–water partition coefficient (Wildman–Crippen LogP) is 2.93. The van der Waals surface area contributed by atoms with E-state index >= 15 is 0 Å². The van der Waals surface area contributed by atoms with E-state index in [0.717, 1.165) is 5.56 Å². The lowest BCUT2D eigenvalue weighted by atomic mass is 10.0. The first-order chi connectivity index (χ1) is 8.99.